The second-order valence-corrected chi connectivity index (χ2v) is 5.84. The third-order valence-corrected chi connectivity index (χ3v) is 4.47. The second kappa shape index (κ2) is 5.82. The quantitative estimate of drug-likeness (QED) is 0.823. The van der Waals surface area contributed by atoms with E-state index in [1.54, 1.807) is 0 Å². The Labute approximate surface area is 120 Å². The SMILES string of the molecule is O=C(O)CC1CCN(C(=O)C2(C(F)(F)F)CCNC2)CC1. The Bertz CT molecular complexity index is 411. The van der Waals surface area contributed by atoms with Crippen LogP contribution in [0.4, 0.5) is 13.2 Å². The van der Waals surface area contributed by atoms with E-state index in [0.29, 0.717) is 12.8 Å². The molecule has 2 saturated heterocycles. The predicted molar refractivity (Wildman–Crippen MR) is 67.5 cm³/mol. The van der Waals surface area contributed by atoms with Crippen LogP contribution in [0.3, 0.4) is 0 Å². The highest BCUT2D eigenvalue weighted by Gasteiger charge is 2.62. The maximum absolute atomic E-state index is 13.3. The van der Waals surface area contributed by atoms with Crippen LogP contribution in [0, 0.1) is 11.3 Å². The summed E-state index contributed by atoms with van der Waals surface area (Å²) in [6, 6.07) is 0. The van der Waals surface area contributed by atoms with Crippen molar-refractivity contribution in [3.63, 3.8) is 0 Å². The molecular formula is C13H19F3N2O3. The molecule has 1 atom stereocenters. The van der Waals surface area contributed by atoms with Crippen LogP contribution in [-0.4, -0.2) is 54.2 Å². The summed E-state index contributed by atoms with van der Waals surface area (Å²) in [6.07, 6.45) is -3.90. The Kier molecular flexibility index (Phi) is 4.46. The number of carbonyl (C=O) groups excluding carboxylic acids is 1. The van der Waals surface area contributed by atoms with Crippen LogP contribution in [0.1, 0.15) is 25.7 Å². The zero-order chi connectivity index (χ0) is 15.7. The highest BCUT2D eigenvalue weighted by molar-refractivity contribution is 5.84. The molecule has 2 heterocycles. The third-order valence-electron chi connectivity index (χ3n) is 4.47. The van der Waals surface area contributed by atoms with Gasteiger partial charge in [0.2, 0.25) is 5.91 Å². The third kappa shape index (κ3) is 3.14. The zero-order valence-corrected chi connectivity index (χ0v) is 11.6. The van der Waals surface area contributed by atoms with Crippen molar-refractivity contribution < 1.29 is 27.9 Å². The molecule has 2 fully saturated rings. The van der Waals surface area contributed by atoms with E-state index in [4.69, 9.17) is 5.11 Å². The van der Waals surface area contributed by atoms with Crippen molar-refractivity contribution in [1.82, 2.24) is 10.2 Å². The standard InChI is InChI=1S/C13H19F3N2O3/c14-13(15,16)12(3-4-17-8-12)11(21)18-5-1-9(2-6-18)7-10(19)20/h9,17H,1-8H2,(H,19,20). The van der Waals surface area contributed by atoms with Crippen molar-refractivity contribution in [2.45, 2.75) is 31.9 Å². The molecule has 2 aliphatic heterocycles. The van der Waals surface area contributed by atoms with Gasteiger partial charge in [-0.1, -0.05) is 0 Å². The first kappa shape index (κ1) is 16.1. The molecule has 8 heteroatoms. The zero-order valence-electron chi connectivity index (χ0n) is 11.6. The Hall–Kier alpha value is -1.31. The van der Waals surface area contributed by atoms with Crippen molar-refractivity contribution in [3.8, 4) is 0 Å². The van der Waals surface area contributed by atoms with E-state index in [-0.39, 0.29) is 44.9 Å². The van der Waals surface area contributed by atoms with Crippen LogP contribution in [-0.2, 0) is 9.59 Å². The molecule has 1 amide bonds. The molecule has 0 aromatic rings. The van der Waals surface area contributed by atoms with Gasteiger partial charge in [-0.05, 0) is 31.7 Å². The van der Waals surface area contributed by atoms with Gasteiger partial charge in [0.05, 0.1) is 0 Å². The number of carboxylic acid groups (broad SMARTS) is 1. The smallest absolute Gasteiger partial charge is 0.404 e. The van der Waals surface area contributed by atoms with Crippen molar-refractivity contribution in [3.05, 3.63) is 0 Å². The molecular weight excluding hydrogens is 289 g/mol. The van der Waals surface area contributed by atoms with Gasteiger partial charge < -0.3 is 15.3 Å². The molecule has 1 unspecified atom stereocenters. The lowest BCUT2D eigenvalue weighted by Crippen LogP contribution is -2.55. The molecule has 5 nitrogen and oxygen atoms in total. The summed E-state index contributed by atoms with van der Waals surface area (Å²) in [5.41, 5.74) is -2.31. The van der Waals surface area contributed by atoms with Gasteiger partial charge in [0.1, 0.15) is 0 Å². The van der Waals surface area contributed by atoms with E-state index in [9.17, 15) is 22.8 Å². The normalized spacial score (nSPS) is 27.9. The number of alkyl halides is 3. The van der Waals surface area contributed by atoms with Crippen LogP contribution in [0.15, 0.2) is 0 Å². The van der Waals surface area contributed by atoms with Crippen LogP contribution in [0.25, 0.3) is 0 Å². The predicted octanol–water partition coefficient (Wildman–Crippen LogP) is 1.24. The molecule has 0 saturated carbocycles. The minimum atomic E-state index is -4.56. The fraction of sp³-hybridized carbons (Fsp3) is 0.846. The van der Waals surface area contributed by atoms with E-state index in [1.807, 2.05) is 0 Å². The van der Waals surface area contributed by atoms with Crippen LogP contribution in [0.5, 0.6) is 0 Å². The van der Waals surface area contributed by atoms with Crippen molar-refractivity contribution in [2.24, 2.45) is 11.3 Å². The number of carbonyl (C=O) groups is 2. The Balaban J connectivity index is 2.02. The molecule has 0 radical (unpaired) electrons. The van der Waals surface area contributed by atoms with Gasteiger partial charge in [0.15, 0.2) is 5.41 Å². The van der Waals surface area contributed by atoms with Gasteiger partial charge in [-0.3, -0.25) is 9.59 Å². The molecule has 0 bridgehead atoms. The maximum Gasteiger partial charge on any atom is 0.404 e. The van der Waals surface area contributed by atoms with Crippen molar-refractivity contribution in [2.75, 3.05) is 26.2 Å². The van der Waals surface area contributed by atoms with E-state index in [2.05, 4.69) is 5.32 Å². The molecule has 2 rings (SSSR count). The van der Waals surface area contributed by atoms with Crippen molar-refractivity contribution >= 4 is 11.9 Å². The van der Waals surface area contributed by atoms with Crippen molar-refractivity contribution in [1.29, 1.82) is 0 Å². The van der Waals surface area contributed by atoms with Gasteiger partial charge in [0, 0.05) is 26.1 Å². The fourth-order valence-electron chi connectivity index (χ4n) is 3.13. The minimum Gasteiger partial charge on any atom is -0.481 e. The van der Waals surface area contributed by atoms with Crippen LogP contribution < -0.4 is 5.32 Å². The molecule has 0 spiro atoms. The Morgan fingerprint density at radius 1 is 1.29 bits per heavy atom. The minimum absolute atomic E-state index is 0.00794. The average Bonchev–Trinajstić information content (AvgIpc) is 2.88. The lowest BCUT2D eigenvalue weighted by atomic mass is 9.83. The largest absolute Gasteiger partial charge is 0.481 e. The van der Waals surface area contributed by atoms with E-state index in [0.717, 1.165) is 0 Å². The Morgan fingerprint density at radius 3 is 2.33 bits per heavy atom. The van der Waals surface area contributed by atoms with E-state index in [1.165, 1.54) is 4.90 Å². The van der Waals surface area contributed by atoms with Gasteiger partial charge in [-0.2, -0.15) is 13.2 Å². The first-order valence-corrected chi connectivity index (χ1v) is 7.05. The number of hydrogen-bond donors (Lipinski definition) is 2. The molecule has 120 valence electrons. The first-order valence-electron chi connectivity index (χ1n) is 7.05. The number of nitrogens with zero attached hydrogens (tertiary/aromatic N) is 1. The number of amides is 1. The maximum atomic E-state index is 13.3. The average molecular weight is 308 g/mol. The second-order valence-electron chi connectivity index (χ2n) is 5.84. The summed E-state index contributed by atoms with van der Waals surface area (Å²) in [6.45, 7) is 0.217. The Morgan fingerprint density at radius 2 is 1.90 bits per heavy atom. The molecule has 2 N–H and O–H groups in total. The lowest BCUT2D eigenvalue weighted by Gasteiger charge is -2.38. The number of nitrogens with one attached hydrogen (secondary N) is 1. The summed E-state index contributed by atoms with van der Waals surface area (Å²) in [4.78, 5) is 24.2. The summed E-state index contributed by atoms with van der Waals surface area (Å²) in [5, 5.41) is 11.4. The number of rotatable bonds is 3. The molecule has 0 aromatic carbocycles. The summed E-state index contributed by atoms with van der Waals surface area (Å²) in [7, 11) is 0. The van der Waals surface area contributed by atoms with Crippen LogP contribution in [0.2, 0.25) is 0 Å². The number of likely N-dealkylation sites (tertiary alicyclic amines) is 1. The molecule has 0 aromatic heterocycles. The van der Waals surface area contributed by atoms with E-state index < -0.39 is 23.5 Å². The highest BCUT2D eigenvalue weighted by Crippen LogP contribution is 2.44. The highest BCUT2D eigenvalue weighted by atomic mass is 19.4. The monoisotopic (exact) mass is 308 g/mol. The first-order chi connectivity index (χ1) is 9.76. The molecule has 2 aliphatic rings. The fourth-order valence-corrected chi connectivity index (χ4v) is 3.13. The summed E-state index contributed by atoms with van der Waals surface area (Å²) in [5.74, 6) is -1.84. The number of aliphatic carboxylic acids is 1. The number of piperidine rings is 1. The van der Waals surface area contributed by atoms with Gasteiger partial charge >= 0.3 is 12.1 Å². The number of carboxylic acids is 1. The van der Waals surface area contributed by atoms with Gasteiger partial charge in [-0.15, -0.1) is 0 Å². The van der Waals surface area contributed by atoms with E-state index >= 15 is 0 Å². The number of halogens is 3. The number of hydrogen-bond acceptors (Lipinski definition) is 3. The summed E-state index contributed by atoms with van der Waals surface area (Å²) < 4.78 is 39.9. The van der Waals surface area contributed by atoms with Gasteiger partial charge in [-0.25, -0.2) is 0 Å². The topological polar surface area (TPSA) is 69.6 Å². The van der Waals surface area contributed by atoms with Crippen LogP contribution >= 0.6 is 0 Å². The lowest BCUT2D eigenvalue weighted by molar-refractivity contribution is -0.222. The van der Waals surface area contributed by atoms with Gasteiger partial charge in [0.25, 0.3) is 0 Å². The summed E-state index contributed by atoms with van der Waals surface area (Å²) >= 11 is 0. The molecule has 0 aliphatic carbocycles. The molecule has 21 heavy (non-hydrogen) atoms.